The lowest BCUT2D eigenvalue weighted by Crippen LogP contribution is -2.33. The van der Waals surface area contributed by atoms with Crippen molar-refractivity contribution >= 4 is 40.5 Å². The summed E-state index contributed by atoms with van der Waals surface area (Å²) in [5.41, 5.74) is 0.644. The molecule has 9 nitrogen and oxygen atoms in total. The summed E-state index contributed by atoms with van der Waals surface area (Å²) in [6.07, 6.45) is 1.50. The number of nitro groups is 1. The molecule has 2 aromatic rings. The van der Waals surface area contributed by atoms with E-state index in [-0.39, 0.29) is 22.3 Å². The fourth-order valence-corrected chi connectivity index (χ4v) is 3.76. The summed E-state index contributed by atoms with van der Waals surface area (Å²) < 4.78 is 11.0. The normalized spacial score (nSPS) is 14.9. The first kappa shape index (κ1) is 23.0. The minimum atomic E-state index is -0.586. The minimum absolute atomic E-state index is 0.0421. The second kappa shape index (κ2) is 9.65. The predicted molar refractivity (Wildman–Crippen MR) is 119 cm³/mol. The molecule has 1 aliphatic heterocycles. The van der Waals surface area contributed by atoms with Crippen molar-refractivity contribution in [2.45, 2.75) is 20.0 Å². The monoisotopic (exact) mass is 456 g/mol. The summed E-state index contributed by atoms with van der Waals surface area (Å²) in [6.45, 7) is 3.33. The fourth-order valence-electron chi connectivity index (χ4n) is 2.92. The molecule has 3 rings (SSSR count). The minimum Gasteiger partial charge on any atom is -0.493 e. The molecule has 32 heavy (non-hydrogen) atoms. The Bertz CT molecular complexity index is 1110. The Morgan fingerprint density at radius 3 is 2.44 bits per heavy atom. The van der Waals surface area contributed by atoms with Crippen LogP contribution in [0.25, 0.3) is 6.08 Å². The predicted octanol–water partition coefficient (Wildman–Crippen LogP) is 4.31. The van der Waals surface area contributed by atoms with Crippen molar-refractivity contribution in [3.63, 3.8) is 0 Å². The lowest BCUT2D eigenvalue weighted by Gasteiger charge is -2.14. The number of benzene rings is 2. The standard InChI is InChI=1S/C22H20N2O7S/c1-13(2)31-18-9-4-14(10-19(18)30-3)11-20-21(26)23(22(27)32-20)12-17(25)15-5-7-16(8-6-15)24(28)29/h4-11,13H,12H2,1-3H3/b20-11-. The van der Waals surface area contributed by atoms with Crippen LogP contribution in [-0.4, -0.2) is 46.5 Å². The first-order chi connectivity index (χ1) is 15.2. The zero-order valence-electron chi connectivity index (χ0n) is 17.6. The fraction of sp³-hybridized carbons (Fsp3) is 0.227. The number of carbonyl (C=O) groups is 3. The number of nitrogens with zero attached hydrogens (tertiary/aromatic N) is 2. The number of amides is 2. The Labute approximate surface area is 188 Å². The van der Waals surface area contributed by atoms with Gasteiger partial charge in [0.2, 0.25) is 0 Å². The van der Waals surface area contributed by atoms with Gasteiger partial charge in [-0.3, -0.25) is 29.4 Å². The summed E-state index contributed by atoms with van der Waals surface area (Å²) in [7, 11) is 1.50. The summed E-state index contributed by atoms with van der Waals surface area (Å²) in [4.78, 5) is 48.7. The van der Waals surface area contributed by atoms with E-state index in [0.29, 0.717) is 17.1 Å². The van der Waals surface area contributed by atoms with E-state index in [4.69, 9.17) is 9.47 Å². The van der Waals surface area contributed by atoms with Gasteiger partial charge >= 0.3 is 0 Å². The molecule has 1 fully saturated rings. The maximum atomic E-state index is 12.7. The molecular formula is C22H20N2O7S. The van der Waals surface area contributed by atoms with Crippen molar-refractivity contribution in [2.75, 3.05) is 13.7 Å². The molecule has 0 unspecified atom stereocenters. The van der Waals surface area contributed by atoms with E-state index < -0.39 is 28.4 Å². The molecule has 0 bridgehead atoms. The molecule has 0 saturated carbocycles. The van der Waals surface area contributed by atoms with Crippen LogP contribution in [-0.2, 0) is 4.79 Å². The van der Waals surface area contributed by atoms with Crippen LogP contribution in [0.15, 0.2) is 47.4 Å². The lowest BCUT2D eigenvalue weighted by molar-refractivity contribution is -0.384. The van der Waals surface area contributed by atoms with Gasteiger partial charge in [-0.1, -0.05) is 6.07 Å². The number of nitro benzene ring substituents is 1. The summed E-state index contributed by atoms with van der Waals surface area (Å²) >= 11 is 0.733. The molecule has 1 saturated heterocycles. The second-order valence-electron chi connectivity index (χ2n) is 7.07. The van der Waals surface area contributed by atoms with Crippen molar-refractivity contribution in [3.8, 4) is 11.5 Å². The number of ether oxygens (including phenoxy) is 2. The largest absolute Gasteiger partial charge is 0.493 e. The Kier molecular flexibility index (Phi) is 6.94. The lowest BCUT2D eigenvalue weighted by atomic mass is 10.1. The van der Waals surface area contributed by atoms with Crippen LogP contribution in [0.3, 0.4) is 0 Å². The van der Waals surface area contributed by atoms with E-state index in [1.165, 1.54) is 31.4 Å². The highest BCUT2D eigenvalue weighted by atomic mass is 32.2. The SMILES string of the molecule is COc1cc(/C=C2\SC(=O)N(CC(=O)c3ccc([N+](=O)[O-])cc3)C2=O)ccc1OC(C)C. The number of carbonyl (C=O) groups excluding carboxylic acids is 3. The topological polar surface area (TPSA) is 116 Å². The van der Waals surface area contributed by atoms with E-state index in [9.17, 15) is 24.5 Å². The highest BCUT2D eigenvalue weighted by Crippen LogP contribution is 2.35. The van der Waals surface area contributed by atoms with Crippen LogP contribution in [0.2, 0.25) is 0 Å². The highest BCUT2D eigenvalue weighted by molar-refractivity contribution is 8.18. The third-order valence-corrected chi connectivity index (χ3v) is 5.33. The van der Waals surface area contributed by atoms with Gasteiger partial charge in [-0.25, -0.2) is 0 Å². The van der Waals surface area contributed by atoms with Crippen molar-refractivity contribution in [1.82, 2.24) is 4.90 Å². The average molecular weight is 456 g/mol. The Morgan fingerprint density at radius 2 is 1.84 bits per heavy atom. The number of thioether (sulfide) groups is 1. The van der Waals surface area contributed by atoms with Gasteiger partial charge in [-0.2, -0.15) is 0 Å². The third-order valence-electron chi connectivity index (χ3n) is 4.42. The van der Waals surface area contributed by atoms with E-state index >= 15 is 0 Å². The molecule has 1 heterocycles. The second-order valence-corrected chi connectivity index (χ2v) is 8.07. The summed E-state index contributed by atoms with van der Waals surface area (Å²) in [6, 6.07) is 10.1. The molecule has 0 spiro atoms. The number of hydrogen-bond donors (Lipinski definition) is 0. The number of methoxy groups -OCH3 is 1. The van der Waals surface area contributed by atoms with E-state index in [1.807, 2.05) is 13.8 Å². The maximum absolute atomic E-state index is 12.7. The maximum Gasteiger partial charge on any atom is 0.293 e. The van der Waals surface area contributed by atoms with E-state index in [2.05, 4.69) is 0 Å². The van der Waals surface area contributed by atoms with Crippen LogP contribution >= 0.6 is 11.8 Å². The quantitative estimate of drug-likeness (QED) is 0.250. The van der Waals surface area contributed by atoms with Gasteiger partial charge in [0.15, 0.2) is 17.3 Å². The molecule has 0 atom stereocenters. The number of imide groups is 1. The van der Waals surface area contributed by atoms with Crippen molar-refractivity contribution in [3.05, 3.63) is 68.6 Å². The van der Waals surface area contributed by atoms with Gasteiger partial charge in [0, 0.05) is 17.7 Å². The zero-order chi connectivity index (χ0) is 23.4. The Balaban J connectivity index is 1.76. The first-order valence-corrected chi connectivity index (χ1v) is 10.4. The van der Waals surface area contributed by atoms with E-state index in [0.717, 1.165) is 16.7 Å². The van der Waals surface area contributed by atoms with Gasteiger partial charge in [0.05, 0.1) is 29.6 Å². The van der Waals surface area contributed by atoms with Gasteiger partial charge in [0.1, 0.15) is 0 Å². The molecule has 0 N–H and O–H groups in total. The van der Waals surface area contributed by atoms with Crippen LogP contribution in [0.5, 0.6) is 11.5 Å². The highest BCUT2D eigenvalue weighted by Gasteiger charge is 2.36. The number of hydrogen-bond acceptors (Lipinski definition) is 8. The molecule has 2 amide bonds. The van der Waals surface area contributed by atoms with Crippen molar-refractivity contribution in [2.24, 2.45) is 0 Å². The molecule has 166 valence electrons. The zero-order valence-corrected chi connectivity index (χ0v) is 18.4. The number of rotatable bonds is 8. The van der Waals surface area contributed by atoms with Crippen LogP contribution < -0.4 is 9.47 Å². The number of non-ortho nitro benzene ring substituents is 1. The van der Waals surface area contributed by atoms with E-state index in [1.54, 1.807) is 24.3 Å². The summed E-state index contributed by atoms with van der Waals surface area (Å²) in [5, 5.41) is 10.2. The molecule has 2 aromatic carbocycles. The molecule has 0 radical (unpaired) electrons. The molecular weight excluding hydrogens is 436 g/mol. The smallest absolute Gasteiger partial charge is 0.293 e. The molecule has 0 aromatic heterocycles. The Morgan fingerprint density at radius 1 is 1.16 bits per heavy atom. The van der Waals surface area contributed by atoms with Crippen LogP contribution in [0.4, 0.5) is 10.5 Å². The van der Waals surface area contributed by atoms with Crippen molar-refractivity contribution < 1.29 is 28.8 Å². The average Bonchev–Trinajstić information content (AvgIpc) is 3.01. The molecule has 1 aliphatic rings. The van der Waals surface area contributed by atoms with Gasteiger partial charge in [-0.05, 0) is 61.5 Å². The molecule has 0 aliphatic carbocycles. The Hall–Kier alpha value is -3.66. The first-order valence-electron chi connectivity index (χ1n) is 9.57. The molecule has 10 heteroatoms. The number of ketones is 1. The van der Waals surface area contributed by atoms with Crippen LogP contribution in [0, 0.1) is 10.1 Å². The summed E-state index contributed by atoms with van der Waals surface area (Å²) in [5.74, 6) is -0.0430. The van der Waals surface area contributed by atoms with Crippen molar-refractivity contribution in [1.29, 1.82) is 0 Å². The van der Waals surface area contributed by atoms with Gasteiger partial charge < -0.3 is 9.47 Å². The third kappa shape index (κ3) is 5.14. The number of Topliss-reactive ketones (excluding diaryl/α,β-unsaturated/α-hetero) is 1. The van der Waals surface area contributed by atoms with Gasteiger partial charge in [-0.15, -0.1) is 0 Å². The van der Waals surface area contributed by atoms with Crippen LogP contribution in [0.1, 0.15) is 29.8 Å². The van der Waals surface area contributed by atoms with Gasteiger partial charge in [0.25, 0.3) is 16.8 Å².